The van der Waals surface area contributed by atoms with E-state index in [4.69, 9.17) is 4.74 Å². The van der Waals surface area contributed by atoms with Crippen LogP contribution in [0.4, 0.5) is 4.79 Å². The maximum atomic E-state index is 12.8. The number of ketones is 1. The average Bonchev–Trinajstić information content (AvgIpc) is 2.69. The Morgan fingerprint density at radius 1 is 1.12 bits per heavy atom. The molecule has 26 heavy (non-hydrogen) atoms. The van der Waals surface area contributed by atoms with Crippen molar-refractivity contribution in [3.8, 4) is 5.75 Å². The van der Waals surface area contributed by atoms with Crippen molar-refractivity contribution < 1.29 is 14.3 Å². The Balaban J connectivity index is 1.85. The van der Waals surface area contributed by atoms with Crippen molar-refractivity contribution in [1.82, 2.24) is 10.2 Å². The highest BCUT2D eigenvalue weighted by molar-refractivity contribution is 6.08. The van der Waals surface area contributed by atoms with Crippen LogP contribution in [0.2, 0.25) is 0 Å². The van der Waals surface area contributed by atoms with Gasteiger partial charge in [-0.2, -0.15) is 0 Å². The molecule has 1 heterocycles. The van der Waals surface area contributed by atoms with Gasteiger partial charge in [-0.3, -0.25) is 4.79 Å². The number of nitrogens with zero attached hydrogens (tertiary/aromatic N) is 1. The summed E-state index contributed by atoms with van der Waals surface area (Å²) in [7, 11) is 3.23. The lowest BCUT2D eigenvalue weighted by molar-refractivity contribution is -0.111. The highest BCUT2D eigenvalue weighted by atomic mass is 16.5. The van der Waals surface area contributed by atoms with Crippen molar-refractivity contribution in [2.75, 3.05) is 14.2 Å². The molecule has 2 aromatic rings. The van der Waals surface area contributed by atoms with E-state index in [2.05, 4.69) is 5.32 Å². The zero-order valence-electron chi connectivity index (χ0n) is 14.7. The predicted octanol–water partition coefficient (Wildman–Crippen LogP) is 3.56. The maximum absolute atomic E-state index is 12.8. The molecule has 5 nitrogen and oxygen atoms in total. The third kappa shape index (κ3) is 3.83. The Kier molecular flexibility index (Phi) is 5.17. The standard InChI is InChI=1S/C21H20N2O3/c1-23-14-18(20(22-21(23)25)16-6-4-3-5-7-16)19(24)13-10-15-8-11-17(26-2)12-9-15/h3-14,20H,1-2H3,(H,22,25)/b13-10+. The first-order chi connectivity index (χ1) is 12.6. The number of allylic oxidation sites excluding steroid dienone is 1. The molecule has 0 aromatic heterocycles. The van der Waals surface area contributed by atoms with Crippen molar-refractivity contribution in [3.63, 3.8) is 0 Å². The van der Waals surface area contributed by atoms with Crippen LogP contribution in [0.1, 0.15) is 17.2 Å². The molecular formula is C21H20N2O3. The minimum atomic E-state index is -0.465. The lowest BCUT2D eigenvalue weighted by Crippen LogP contribution is -2.43. The number of carbonyl (C=O) groups excluding carboxylic acids is 2. The summed E-state index contributed by atoms with van der Waals surface area (Å²) in [6.45, 7) is 0. The van der Waals surface area contributed by atoms with E-state index in [1.807, 2.05) is 54.6 Å². The molecule has 5 heteroatoms. The molecule has 2 amide bonds. The van der Waals surface area contributed by atoms with Gasteiger partial charge in [0.05, 0.1) is 13.2 Å². The molecule has 0 saturated carbocycles. The lowest BCUT2D eigenvalue weighted by Gasteiger charge is -2.29. The number of urea groups is 1. The molecule has 0 aliphatic carbocycles. The van der Waals surface area contributed by atoms with Gasteiger partial charge in [-0.1, -0.05) is 48.5 Å². The largest absolute Gasteiger partial charge is 0.497 e. The summed E-state index contributed by atoms with van der Waals surface area (Å²) in [5, 5.41) is 2.87. The van der Waals surface area contributed by atoms with Crippen LogP contribution < -0.4 is 10.1 Å². The monoisotopic (exact) mass is 348 g/mol. The number of benzene rings is 2. The Morgan fingerprint density at radius 3 is 2.46 bits per heavy atom. The van der Waals surface area contributed by atoms with Crippen LogP contribution in [0, 0.1) is 0 Å². The van der Waals surface area contributed by atoms with Gasteiger partial charge in [0, 0.05) is 18.8 Å². The van der Waals surface area contributed by atoms with Crippen LogP contribution >= 0.6 is 0 Å². The van der Waals surface area contributed by atoms with E-state index in [0.717, 1.165) is 16.9 Å². The summed E-state index contributed by atoms with van der Waals surface area (Å²) in [6.07, 6.45) is 4.87. The molecule has 1 aliphatic heterocycles. The fraction of sp³-hybridized carbons (Fsp3) is 0.143. The first-order valence-electron chi connectivity index (χ1n) is 8.25. The second kappa shape index (κ2) is 7.70. The summed E-state index contributed by atoms with van der Waals surface area (Å²) >= 11 is 0. The number of carbonyl (C=O) groups is 2. The van der Waals surface area contributed by atoms with E-state index < -0.39 is 6.04 Å². The molecular weight excluding hydrogens is 328 g/mol. The van der Waals surface area contributed by atoms with E-state index in [-0.39, 0.29) is 11.8 Å². The molecule has 0 bridgehead atoms. The minimum absolute atomic E-state index is 0.151. The third-order valence-electron chi connectivity index (χ3n) is 4.19. The second-order valence-electron chi connectivity index (χ2n) is 5.96. The number of rotatable bonds is 5. The number of hydrogen-bond donors (Lipinski definition) is 1. The summed E-state index contributed by atoms with van der Waals surface area (Å²) in [4.78, 5) is 26.2. The first kappa shape index (κ1) is 17.5. The summed E-state index contributed by atoms with van der Waals surface area (Å²) in [6, 6.07) is 16.2. The fourth-order valence-corrected chi connectivity index (χ4v) is 2.74. The third-order valence-corrected chi connectivity index (χ3v) is 4.19. The number of nitrogens with one attached hydrogen (secondary N) is 1. The van der Waals surface area contributed by atoms with E-state index in [0.29, 0.717) is 5.57 Å². The molecule has 132 valence electrons. The van der Waals surface area contributed by atoms with E-state index in [1.165, 1.54) is 11.0 Å². The summed E-state index contributed by atoms with van der Waals surface area (Å²) < 4.78 is 5.13. The van der Waals surface area contributed by atoms with Gasteiger partial charge in [0.25, 0.3) is 0 Å². The smallest absolute Gasteiger partial charge is 0.321 e. The quantitative estimate of drug-likeness (QED) is 0.841. The number of methoxy groups -OCH3 is 1. The summed E-state index contributed by atoms with van der Waals surface area (Å²) in [5.74, 6) is 0.610. The van der Waals surface area contributed by atoms with E-state index in [1.54, 1.807) is 26.4 Å². The molecule has 0 radical (unpaired) electrons. The van der Waals surface area contributed by atoms with Crippen molar-refractivity contribution in [2.45, 2.75) is 6.04 Å². The Bertz CT molecular complexity index is 855. The molecule has 0 spiro atoms. The van der Waals surface area contributed by atoms with Gasteiger partial charge >= 0.3 is 6.03 Å². The van der Waals surface area contributed by atoms with E-state index in [9.17, 15) is 9.59 Å². The number of amides is 2. The predicted molar refractivity (Wildman–Crippen MR) is 101 cm³/mol. The molecule has 1 atom stereocenters. The SMILES string of the molecule is COc1ccc(/C=C/C(=O)C2=CN(C)C(=O)NC2c2ccccc2)cc1. The normalized spacial score (nSPS) is 17.0. The number of hydrogen-bond acceptors (Lipinski definition) is 3. The van der Waals surface area contributed by atoms with Crippen LogP contribution in [0.5, 0.6) is 5.75 Å². The van der Waals surface area contributed by atoms with Crippen molar-refractivity contribution in [1.29, 1.82) is 0 Å². The van der Waals surface area contributed by atoms with Gasteiger partial charge in [0.1, 0.15) is 5.75 Å². The van der Waals surface area contributed by atoms with Gasteiger partial charge in [0.2, 0.25) is 0 Å². The van der Waals surface area contributed by atoms with Gasteiger partial charge in [-0.15, -0.1) is 0 Å². The molecule has 3 rings (SSSR count). The van der Waals surface area contributed by atoms with Gasteiger partial charge < -0.3 is 15.0 Å². The minimum Gasteiger partial charge on any atom is -0.497 e. The highest BCUT2D eigenvalue weighted by Gasteiger charge is 2.29. The Morgan fingerprint density at radius 2 is 1.81 bits per heavy atom. The zero-order chi connectivity index (χ0) is 18.5. The molecule has 2 aromatic carbocycles. The van der Waals surface area contributed by atoms with Crippen molar-refractivity contribution >= 4 is 17.9 Å². The van der Waals surface area contributed by atoms with Crippen LogP contribution in [-0.4, -0.2) is 30.9 Å². The van der Waals surface area contributed by atoms with Gasteiger partial charge in [0.15, 0.2) is 5.78 Å². The van der Waals surface area contributed by atoms with E-state index >= 15 is 0 Å². The fourth-order valence-electron chi connectivity index (χ4n) is 2.74. The van der Waals surface area contributed by atoms with Gasteiger partial charge in [-0.05, 0) is 29.3 Å². The Hall–Kier alpha value is -3.34. The average molecular weight is 348 g/mol. The summed E-state index contributed by atoms with van der Waals surface area (Å²) in [5.41, 5.74) is 2.28. The molecule has 1 unspecified atom stereocenters. The lowest BCUT2D eigenvalue weighted by atomic mass is 9.94. The van der Waals surface area contributed by atoms with Crippen molar-refractivity contribution in [3.05, 3.63) is 83.6 Å². The van der Waals surface area contributed by atoms with Crippen LogP contribution in [-0.2, 0) is 4.79 Å². The van der Waals surface area contributed by atoms with Crippen LogP contribution in [0.3, 0.4) is 0 Å². The van der Waals surface area contributed by atoms with Crippen LogP contribution in [0.15, 0.2) is 72.4 Å². The zero-order valence-corrected chi connectivity index (χ0v) is 14.7. The topological polar surface area (TPSA) is 58.6 Å². The molecule has 0 fully saturated rings. The molecule has 1 N–H and O–H groups in total. The second-order valence-corrected chi connectivity index (χ2v) is 5.96. The highest BCUT2D eigenvalue weighted by Crippen LogP contribution is 2.26. The molecule has 0 saturated heterocycles. The Labute approximate surface area is 152 Å². The molecule has 1 aliphatic rings. The maximum Gasteiger partial charge on any atom is 0.321 e. The van der Waals surface area contributed by atoms with Gasteiger partial charge in [-0.25, -0.2) is 4.79 Å². The van der Waals surface area contributed by atoms with Crippen LogP contribution in [0.25, 0.3) is 6.08 Å². The van der Waals surface area contributed by atoms with Crippen molar-refractivity contribution in [2.24, 2.45) is 0 Å². The number of ether oxygens (including phenoxy) is 1. The first-order valence-corrected chi connectivity index (χ1v) is 8.25.